The van der Waals surface area contributed by atoms with E-state index in [9.17, 15) is 13.2 Å². The summed E-state index contributed by atoms with van der Waals surface area (Å²) in [4.78, 5) is 13.4. The molecule has 6 heteroatoms. The SMILES string of the molecule is Cc1ccc2c(c1)N(S(C)(=O)=O)C/C(=C(/c1ccccc1)[Si](C)(C)C)C2=O. The van der Waals surface area contributed by atoms with E-state index >= 15 is 0 Å². The van der Waals surface area contributed by atoms with Gasteiger partial charge in [0.25, 0.3) is 0 Å². The van der Waals surface area contributed by atoms with Crippen molar-refractivity contribution in [2.24, 2.45) is 0 Å². The zero-order valence-electron chi connectivity index (χ0n) is 16.4. The third-order valence-corrected chi connectivity index (χ3v) is 7.97. The molecule has 27 heavy (non-hydrogen) atoms. The van der Waals surface area contributed by atoms with Crippen LogP contribution in [-0.2, 0) is 10.0 Å². The molecule has 0 aliphatic carbocycles. The highest BCUT2D eigenvalue weighted by Gasteiger charge is 2.36. The number of ketones is 1. The molecule has 0 unspecified atom stereocenters. The first-order valence-electron chi connectivity index (χ1n) is 8.92. The summed E-state index contributed by atoms with van der Waals surface area (Å²) in [7, 11) is -5.45. The molecule has 1 heterocycles. The molecular formula is C21H25NO3SSi. The van der Waals surface area contributed by atoms with Crippen LogP contribution in [0.5, 0.6) is 0 Å². The average Bonchev–Trinajstić information content (AvgIpc) is 2.55. The van der Waals surface area contributed by atoms with Gasteiger partial charge in [-0.1, -0.05) is 56.0 Å². The summed E-state index contributed by atoms with van der Waals surface area (Å²) in [6, 6.07) is 15.2. The molecule has 0 amide bonds. The Labute approximate surface area is 162 Å². The number of rotatable bonds is 3. The lowest BCUT2D eigenvalue weighted by molar-refractivity contribution is 0.103. The highest BCUT2D eigenvalue weighted by Crippen LogP contribution is 2.38. The normalized spacial score (nSPS) is 16.9. The van der Waals surface area contributed by atoms with E-state index in [4.69, 9.17) is 0 Å². The number of carbonyl (C=O) groups is 1. The van der Waals surface area contributed by atoms with Crippen molar-refractivity contribution in [3.63, 3.8) is 0 Å². The smallest absolute Gasteiger partial charge is 0.232 e. The van der Waals surface area contributed by atoms with Crippen molar-refractivity contribution in [3.8, 4) is 0 Å². The van der Waals surface area contributed by atoms with Crippen LogP contribution in [0.15, 0.2) is 54.1 Å². The molecule has 0 atom stereocenters. The van der Waals surface area contributed by atoms with E-state index in [1.54, 1.807) is 12.1 Å². The van der Waals surface area contributed by atoms with Gasteiger partial charge in [0.1, 0.15) is 0 Å². The van der Waals surface area contributed by atoms with Gasteiger partial charge >= 0.3 is 0 Å². The predicted octanol–water partition coefficient (Wildman–Crippen LogP) is 4.29. The Morgan fingerprint density at radius 2 is 1.67 bits per heavy atom. The number of hydrogen-bond donors (Lipinski definition) is 0. The number of aryl methyl sites for hydroxylation is 1. The van der Waals surface area contributed by atoms with Gasteiger partial charge in [-0.15, -0.1) is 0 Å². The molecule has 0 aromatic heterocycles. The number of fused-ring (bicyclic) bond motifs is 1. The van der Waals surface area contributed by atoms with Crippen LogP contribution < -0.4 is 4.31 Å². The van der Waals surface area contributed by atoms with Crippen molar-refractivity contribution in [2.45, 2.75) is 26.6 Å². The largest absolute Gasteiger partial charge is 0.289 e. The van der Waals surface area contributed by atoms with Gasteiger partial charge in [0.15, 0.2) is 5.78 Å². The summed E-state index contributed by atoms with van der Waals surface area (Å²) in [5, 5.41) is 1.02. The summed E-state index contributed by atoms with van der Waals surface area (Å²) in [5.74, 6) is -0.0637. The predicted molar refractivity (Wildman–Crippen MR) is 114 cm³/mol. The Kier molecular flexibility index (Phi) is 4.90. The van der Waals surface area contributed by atoms with Crippen LogP contribution >= 0.6 is 0 Å². The van der Waals surface area contributed by atoms with E-state index in [0.717, 1.165) is 16.3 Å². The number of Topliss-reactive ketones (excluding diaryl/α,β-unsaturated/α-hetero) is 1. The quantitative estimate of drug-likeness (QED) is 0.571. The number of anilines is 1. The Morgan fingerprint density at radius 3 is 2.22 bits per heavy atom. The summed E-state index contributed by atoms with van der Waals surface area (Å²) >= 11 is 0. The van der Waals surface area contributed by atoms with E-state index in [1.807, 2.05) is 43.3 Å². The van der Waals surface area contributed by atoms with Gasteiger partial charge < -0.3 is 0 Å². The first-order chi connectivity index (χ1) is 12.5. The van der Waals surface area contributed by atoms with Crippen LogP contribution in [0.3, 0.4) is 0 Å². The van der Waals surface area contributed by atoms with E-state index in [0.29, 0.717) is 16.8 Å². The Hall–Kier alpha value is -2.18. The number of carbonyl (C=O) groups excluding carboxylic acids is 1. The fourth-order valence-corrected chi connectivity index (χ4v) is 6.66. The van der Waals surface area contributed by atoms with Crippen molar-refractivity contribution < 1.29 is 13.2 Å². The lowest BCUT2D eigenvalue weighted by Gasteiger charge is -2.34. The van der Waals surface area contributed by atoms with Crippen molar-refractivity contribution in [3.05, 3.63) is 70.8 Å². The third-order valence-electron chi connectivity index (χ3n) is 4.76. The molecule has 0 spiro atoms. The number of benzene rings is 2. The van der Waals surface area contributed by atoms with Crippen molar-refractivity contribution in [1.29, 1.82) is 0 Å². The molecule has 2 aromatic carbocycles. The molecule has 0 fully saturated rings. The van der Waals surface area contributed by atoms with Gasteiger partial charge in [-0.25, -0.2) is 8.42 Å². The maximum absolute atomic E-state index is 13.4. The molecule has 142 valence electrons. The zero-order valence-corrected chi connectivity index (χ0v) is 18.2. The second kappa shape index (κ2) is 6.76. The zero-order chi connectivity index (χ0) is 20.0. The Morgan fingerprint density at radius 1 is 1.04 bits per heavy atom. The minimum Gasteiger partial charge on any atom is -0.289 e. The van der Waals surface area contributed by atoms with E-state index in [-0.39, 0.29) is 12.3 Å². The first kappa shape index (κ1) is 19.6. The molecular weight excluding hydrogens is 374 g/mol. The molecule has 3 rings (SSSR count). The fourth-order valence-electron chi connectivity index (χ4n) is 3.66. The van der Waals surface area contributed by atoms with Gasteiger partial charge in [-0.05, 0) is 35.4 Å². The number of hydrogen-bond acceptors (Lipinski definition) is 3. The van der Waals surface area contributed by atoms with Crippen molar-refractivity contribution >= 4 is 34.8 Å². The van der Waals surface area contributed by atoms with Crippen molar-refractivity contribution in [2.75, 3.05) is 17.1 Å². The van der Waals surface area contributed by atoms with E-state index < -0.39 is 18.1 Å². The first-order valence-corrected chi connectivity index (χ1v) is 14.3. The van der Waals surface area contributed by atoms with Gasteiger partial charge in [0.2, 0.25) is 10.0 Å². The van der Waals surface area contributed by atoms with Crippen molar-refractivity contribution in [1.82, 2.24) is 0 Å². The monoisotopic (exact) mass is 399 g/mol. The maximum Gasteiger partial charge on any atom is 0.232 e. The summed E-state index contributed by atoms with van der Waals surface area (Å²) in [5.41, 5.74) is 3.47. The molecule has 1 aliphatic heterocycles. The van der Waals surface area contributed by atoms with Crippen LogP contribution in [0.1, 0.15) is 21.5 Å². The second-order valence-corrected chi connectivity index (χ2v) is 15.0. The Balaban J connectivity index is 2.34. The molecule has 0 N–H and O–H groups in total. The average molecular weight is 400 g/mol. The van der Waals surface area contributed by atoms with Gasteiger partial charge in [0, 0.05) is 11.1 Å². The lowest BCUT2D eigenvalue weighted by atomic mass is 9.94. The summed E-state index contributed by atoms with van der Waals surface area (Å²) < 4.78 is 26.4. The number of nitrogens with zero attached hydrogens (tertiary/aromatic N) is 1. The Bertz CT molecular complexity index is 1030. The molecule has 0 saturated heterocycles. The topological polar surface area (TPSA) is 54.5 Å². The number of sulfonamides is 1. The van der Waals surface area contributed by atoms with Crippen LogP contribution in [0.25, 0.3) is 5.20 Å². The molecule has 4 nitrogen and oxygen atoms in total. The van der Waals surface area contributed by atoms with E-state index in [1.165, 1.54) is 10.6 Å². The van der Waals surface area contributed by atoms with Crippen LogP contribution in [0.4, 0.5) is 5.69 Å². The standard InChI is InChI=1S/C21H25NO3SSi/c1-15-11-12-17-19(13-15)22(26(2,24)25)14-18(20(17)23)21(27(3,4)5)16-9-7-6-8-10-16/h6-13H,14H2,1-5H3/b21-18+. The highest BCUT2D eigenvalue weighted by atomic mass is 32.2. The molecule has 0 bridgehead atoms. The van der Waals surface area contributed by atoms with Crippen LogP contribution in [0, 0.1) is 6.92 Å². The third kappa shape index (κ3) is 3.77. The molecule has 1 aliphatic rings. The highest BCUT2D eigenvalue weighted by molar-refractivity contribution is 7.92. The lowest BCUT2D eigenvalue weighted by Crippen LogP contribution is -2.40. The van der Waals surface area contributed by atoms with Gasteiger partial charge in [-0.2, -0.15) is 0 Å². The molecule has 0 saturated carbocycles. The minimum atomic E-state index is -3.51. The maximum atomic E-state index is 13.4. The summed E-state index contributed by atoms with van der Waals surface area (Å²) in [6.07, 6.45) is 1.20. The van der Waals surface area contributed by atoms with Crippen LogP contribution in [-0.4, -0.2) is 35.1 Å². The second-order valence-electron chi connectivity index (χ2n) is 8.09. The minimum absolute atomic E-state index is 0.0637. The summed E-state index contributed by atoms with van der Waals surface area (Å²) in [6.45, 7) is 8.54. The van der Waals surface area contributed by atoms with Gasteiger partial charge in [0.05, 0.1) is 26.6 Å². The molecule has 2 aromatic rings. The van der Waals surface area contributed by atoms with Gasteiger partial charge in [-0.3, -0.25) is 9.10 Å². The molecule has 0 radical (unpaired) electrons. The van der Waals surface area contributed by atoms with E-state index in [2.05, 4.69) is 19.6 Å². The fraction of sp³-hybridized carbons (Fsp3) is 0.286. The van der Waals surface area contributed by atoms with Crippen LogP contribution in [0.2, 0.25) is 19.6 Å².